The number of rotatable bonds is 9. The van der Waals surface area contributed by atoms with Crippen molar-refractivity contribution in [1.29, 1.82) is 0 Å². The number of carbonyl (C=O) groups is 1. The maximum Gasteiger partial charge on any atom is 0.459 e. The van der Waals surface area contributed by atoms with E-state index in [2.05, 4.69) is 24.8 Å². The minimum atomic E-state index is -4.01. The van der Waals surface area contributed by atoms with Gasteiger partial charge in [0.05, 0.1) is 26.1 Å². The average molecular weight is 478 g/mol. The molecule has 0 amide bonds. The van der Waals surface area contributed by atoms with Crippen LogP contribution in [-0.4, -0.2) is 63.1 Å². The average Bonchev–Trinajstić information content (AvgIpc) is 3.41. The van der Waals surface area contributed by atoms with Crippen molar-refractivity contribution in [1.82, 2.24) is 24.6 Å². The third-order valence-corrected chi connectivity index (χ3v) is 6.41. The second kappa shape index (κ2) is 9.81. The molecule has 1 aliphatic heterocycles. The van der Waals surface area contributed by atoms with Crippen LogP contribution in [0.4, 0.5) is 5.82 Å². The van der Waals surface area contributed by atoms with Crippen LogP contribution in [0, 0.1) is 0 Å². The molecule has 33 heavy (non-hydrogen) atoms. The van der Waals surface area contributed by atoms with E-state index in [9.17, 15) is 14.5 Å². The van der Waals surface area contributed by atoms with Crippen molar-refractivity contribution in [2.24, 2.45) is 0 Å². The number of hydrogen-bond donors (Lipinski definition) is 3. The van der Waals surface area contributed by atoms with Crippen LogP contribution in [0.2, 0.25) is 0 Å². The Balaban J connectivity index is 1.45. The Morgan fingerprint density at radius 2 is 2.12 bits per heavy atom. The van der Waals surface area contributed by atoms with Crippen molar-refractivity contribution in [2.75, 3.05) is 26.0 Å². The second-order valence-corrected chi connectivity index (χ2v) is 8.88. The number of nitrogens with zero attached hydrogens (tertiary/aromatic N) is 4. The van der Waals surface area contributed by atoms with Crippen LogP contribution in [0.3, 0.4) is 0 Å². The summed E-state index contributed by atoms with van der Waals surface area (Å²) in [4.78, 5) is 23.8. The quantitative estimate of drug-likeness (QED) is 0.295. The summed E-state index contributed by atoms with van der Waals surface area (Å²) >= 11 is 0. The molecule has 2 aromatic heterocycles. The number of nitrogens with two attached hydrogens (primary N) is 1. The molecule has 0 saturated carbocycles. The van der Waals surface area contributed by atoms with Gasteiger partial charge in [0.15, 0.2) is 11.5 Å². The number of esters is 1. The van der Waals surface area contributed by atoms with Gasteiger partial charge in [-0.15, -0.1) is 0 Å². The topological polar surface area (TPSA) is 173 Å². The van der Waals surface area contributed by atoms with Gasteiger partial charge in [-0.3, -0.25) is 13.9 Å². The number of anilines is 1. The van der Waals surface area contributed by atoms with E-state index in [-0.39, 0.29) is 24.6 Å². The Morgan fingerprint density at radius 3 is 2.88 bits per heavy atom. The van der Waals surface area contributed by atoms with E-state index in [1.54, 1.807) is 34.9 Å². The highest BCUT2D eigenvalue weighted by atomic mass is 31.2. The standard InChI is InChI=1S/C19H23N6O7P/c1-29-16(27)8-24-33(28,32-12-5-3-2-4-6-12)30-9-14-13(26)7-15(31-14)25-11-23-17-18(20)21-10-22-19(17)25/h2-6,10-11,13-15,26H,7-9H2,1H3,(H,24,28)(H2,20,21,22)/t13-,14?,15-,33?/m1/s1. The van der Waals surface area contributed by atoms with Crippen molar-refractivity contribution in [3.63, 3.8) is 0 Å². The molecule has 1 aromatic carbocycles. The number of benzene rings is 1. The molecular weight excluding hydrogens is 455 g/mol. The van der Waals surface area contributed by atoms with Gasteiger partial charge in [-0.1, -0.05) is 18.2 Å². The van der Waals surface area contributed by atoms with Crippen molar-refractivity contribution < 1.29 is 33.0 Å². The van der Waals surface area contributed by atoms with Gasteiger partial charge in [-0.25, -0.2) is 24.6 Å². The Morgan fingerprint density at radius 1 is 1.33 bits per heavy atom. The zero-order valence-electron chi connectivity index (χ0n) is 17.6. The first-order valence-electron chi connectivity index (χ1n) is 9.96. The fraction of sp³-hybridized carbons (Fsp3) is 0.368. The number of aromatic nitrogens is 4. The van der Waals surface area contributed by atoms with Gasteiger partial charge >= 0.3 is 13.7 Å². The SMILES string of the molecule is COC(=O)CNP(=O)(OCC1O[C@@H](n2cnc3c(N)ncnc32)C[C@H]1O)Oc1ccccc1. The summed E-state index contributed by atoms with van der Waals surface area (Å²) in [5.74, 6) is -0.153. The van der Waals surface area contributed by atoms with Crippen LogP contribution >= 0.6 is 7.75 Å². The predicted octanol–water partition coefficient (Wildman–Crippen LogP) is 1.02. The zero-order chi connectivity index (χ0) is 23.4. The van der Waals surface area contributed by atoms with Crippen molar-refractivity contribution >= 4 is 30.7 Å². The van der Waals surface area contributed by atoms with Crippen LogP contribution in [0.15, 0.2) is 43.0 Å². The lowest BCUT2D eigenvalue weighted by Crippen LogP contribution is -2.30. The fourth-order valence-electron chi connectivity index (χ4n) is 3.25. The van der Waals surface area contributed by atoms with E-state index >= 15 is 0 Å². The first-order chi connectivity index (χ1) is 15.9. The van der Waals surface area contributed by atoms with Crippen LogP contribution in [0.25, 0.3) is 11.2 Å². The summed E-state index contributed by atoms with van der Waals surface area (Å²) in [7, 11) is -2.81. The van der Waals surface area contributed by atoms with E-state index in [1.807, 2.05) is 0 Å². The van der Waals surface area contributed by atoms with Crippen LogP contribution in [0.1, 0.15) is 12.6 Å². The van der Waals surface area contributed by atoms with E-state index < -0.39 is 38.7 Å². The molecule has 3 heterocycles. The highest BCUT2D eigenvalue weighted by molar-refractivity contribution is 7.52. The van der Waals surface area contributed by atoms with Gasteiger partial charge in [-0.05, 0) is 12.1 Å². The summed E-state index contributed by atoms with van der Waals surface area (Å²) < 4.78 is 36.4. The molecule has 1 saturated heterocycles. The number of nitrogens with one attached hydrogen (secondary N) is 1. The molecule has 14 heteroatoms. The van der Waals surface area contributed by atoms with E-state index in [1.165, 1.54) is 19.8 Å². The number of para-hydroxylation sites is 1. The predicted molar refractivity (Wildman–Crippen MR) is 115 cm³/mol. The molecule has 4 N–H and O–H groups in total. The number of imidazole rings is 1. The lowest BCUT2D eigenvalue weighted by Gasteiger charge is -2.22. The normalized spacial score (nSPS) is 22.2. The highest BCUT2D eigenvalue weighted by Crippen LogP contribution is 2.45. The zero-order valence-corrected chi connectivity index (χ0v) is 18.5. The third kappa shape index (κ3) is 5.29. The number of methoxy groups -OCH3 is 1. The number of aliphatic hydroxyl groups excluding tert-OH is 1. The molecule has 176 valence electrons. The van der Waals surface area contributed by atoms with Crippen molar-refractivity contribution in [2.45, 2.75) is 24.9 Å². The monoisotopic (exact) mass is 478 g/mol. The Hall–Kier alpha value is -3.09. The van der Waals surface area contributed by atoms with E-state index in [4.69, 9.17) is 19.5 Å². The molecule has 0 aliphatic carbocycles. The van der Waals surface area contributed by atoms with Crippen LogP contribution in [-0.2, 0) is 23.4 Å². The van der Waals surface area contributed by atoms with Gasteiger partial charge < -0.3 is 24.8 Å². The molecule has 1 aliphatic rings. The van der Waals surface area contributed by atoms with Gasteiger partial charge in [0.1, 0.15) is 36.5 Å². The summed E-state index contributed by atoms with van der Waals surface area (Å²) in [5, 5.41) is 13.0. The molecule has 0 bridgehead atoms. The molecule has 2 unspecified atom stereocenters. The maximum absolute atomic E-state index is 13.2. The summed E-state index contributed by atoms with van der Waals surface area (Å²) in [6.07, 6.45) is 0.647. The Bertz CT molecular complexity index is 1160. The highest BCUT2D eigenvalue weighted by Gasteiger charge is 2.38. The summed E-state index contributed by atoms with van der Waals surface area (Å²) in [6, 6.07) is 8.33. The number of fused-ring (bicyclic) bond motifs is 1. The molecule has 4 atom stereocenters. The summed E-state index contributed by atoms with van der Waals surface area (Å²) in [6.45, 7) is -0.681. The molecule has 13 nitrogen and oxygen atoms in total. The Labute approximate surface area is 188 Å². The molecule has 0 spiro atoms. The number of carbonyl (C=O) groups excluding carboxylic acids is 1. The number of hydrogen-bond acceptors (Lipinski definition) is 11. The van der Waals surface area contributed by atoms with Gasteiger partial charge in [0.25, 0.3) is 0 Å². The lowest BCUT2D eigenvalue weighted by atomic mass is 10.2. The molecule has 0 radical (unpaired) electrons. The number of ether oxygens (including phenoxy) is 2. The maximum atomic E-state index is 13.2. The first-order valence-corrected chi connectivity index (χ1v) is 11.5. The molecule has 1 fully saturated rings. The van der Waals surface area contributed by atoms with Crippen molar-refractivity contribution in [3.8, 4) is 5.75 Å². The summed E-state index contributed by atoms with van der Waals surface area (Å²) in [5.41, 5.74) is 6.70. The molecule has 3 aromatic rings. The third-order valence-electron chi connectivity index (χ3n) is 4.92. The first kappa shape index (κ1) is 23.1. The number of nitrogen functional groups attached to an aromatic ring is 1. The van der Waals surface area contributed by atoms with Crippen LogP contribution in [0.5, 0.6) is 5.75 Å². The minimum absolute atomic E-state index is 0.211. The van der Waals surface area contributed by atoms with Gasteiger partial charge in [-0.2, -0.15) is 0 Å². The molecular formula is C19H23N6O7P. The van der Waals surface area contributed by atoms with Crippen LogP contribution < -0.4 is 15.3 Å². The van der Waals surface area contributed by atoms with E-state index in [0.717, 1.165) is 0 Å². The minimum Gasteiger partial charge on any atom is -0.468 e. The molecule has 4 rings (SSSR count). The van der Waals surface area contributed by atoms with Gasteiger partial charge in [0, 0.05) is 6.42 Å². The fourth-order valence-corrected chi connectivity index (χ4v) is 4.52. The Kier molecular flexibility index (Phi) is 6.86. The largest absolute Gasteiger partial charge is 0.468 e. The van der Waals surface area contributed by atoms with E-state index in [0.29, 0.717) is 11.2 Å². The lowest BCUT2D eigenvalue weighted by molar-refractivity contribution is -0.139. The number of aliphatic hydroxyl groups is 1. The van der Waals surface area contributed by atoms with Gasteiger partial charge in [0.2, 0.25) is 0 Å². The second-order valence-electron chi connectivity index (χ2n) is 7.12. The smallest absolute Gasteiger partial charge is 0.459 e. The van der Waals surface area contributed by atoms with Crippen molar-refractivity contribution in [3.05, 3.63) is 43.0 Å².